The van der Waals surface area contributed by atoms with E-state index in [1.54, 1.807) is 25.4 Å². The molecule has 1 heterocycles. The van der Waals surface area contributed by atoms with Gasteiger partial charge in [-0.3, -0.25) is 9.79 Å². The smallest absolute Gasteiger partial charge is 0.251 e. The van der Waals surface area contributed by atoms with Crippen LogP contribution in [0.4, 0.5) is 0 Å². The van der Waals surface area contributed by atoms with Gasteiger partial charge in [-0.1, -0.05) is 12.1 Å². The Balaban J connectivity index is 1.74. The summed E-state index contributed by atoms with van der Waals surface area (Å²) in [5.74, 6) is 0.707. The van der Waals surface area contributed by atoms with Crippen LogP contribution in [0, 0.1) is 6.92 Å². The molecule has 0 saturated heterocycles. The lowest BCUT2D eigenvalue weighted by Gasteiger charge is -2.11. The minimum Gasteiger partial charge on any atom is -0.356 e. The van der Waals surface area contributed by atoms with E-state index in [4.69, 9.17) is 0 Å². The molecule has 0 spiro atoms. The molecule has 0 radical (unpaired) electrons. The van der Waals surface area contributed by atoms with Crippen molar-refractivity contribution in [2.75, 3.05) is 27.2 Å². The van der Waals surface area contributed by atoms with Crippen molar-refractivity contribution in [3.8, 4) is 0 Å². The summed E-state index contributed by atoms with van der Waals surface area (Å²) in [6.45, 7) is 3.54. The summed E-state index contributed by atoms with van der Waals surface area (Å²) in [6, 6.07) is 7.66. The molecule has 2 rings (SSSR count). The van der Waals surface area contributed by atoms with Crippen molar-refractivity contribution in [2.24, 2.45) is 4.99 Å². The SMILES string of the molecule is CN=C(NCCc1cccc(C(=O)NC)c1)NCCc1csc(C)n1. The molecule has 0 bridgehead atoms. The van der Waals surface area contributed by atoms with Crippen LogP contribution in [0.15, 0.2) is 34.6 Å². The van der Waals surface area contributed by atoms with E-state index in [-0.39, 0.29) is 5.91 Å². The van der Waals surface area contributed by atoms with E-state index in [0.717, 1.165) is 48.2 Å². The normalized spacial score (nSPS) is 11.2. The van der Waals surface area contributed by atoms with E-state index in [1.165, 1.54) is 0 Å². The molecule has 3 N–H and O–H groups in total. The molecule has 25 heavy (non-hydrogen) atoms. The number of guanidine groups is 1. The summed E-state index contributed by atoms with van der Waals surface area (Å²) in [7, 11) is 3.40. The van der Waals surface area contributed by atoms with Gasteiger partial charge in [0.25, 0.3) is 5.91 Å². The molecule has 6 nitrogen and oxygen atoms in total. The van der Waals surface area contributed by atoms with Crippen LogP contribution in [0.5, 0.6) is 0 Å². The Kier molecular flexibility index (Phi) is 7.40. The number of hydrogen-bond acceptors (Lipinski definition) is 4. The number of thiazole rings is 1. The topological polar surface area (TPSA) is 78.4 Å². The highest BCUT2D eigenvalue weighted by molar-refractivity contribution is 7.09. The Labute approximate surface area is 152 Å². The number of rotatable bonds is 7. The Morgan fingerprint density at radius 3 is 2.64 bits per heavy atom. The fourth-order valence-corrected chi connectivity index (χ4v) is 3.04. The lowest BCUT2D eigenvalue weighted by atomic mass is 10.1. The third-order valence-corrected chi connectivity index (χ3v) is 4.51. The van der Waals surface area contributed by atoms with Gasteiger partial charge in [0.05, 0.1) is 10.7 Å². The van der Waals surface area contributed by atoms with Gasteiger partial charge in [0, 0.05) is 44.5 Å². The van der Waals surface area contributed by atoms with Crippen LogP contribution in [0.2, 0.25) is 0 Å². The molecule has 1 amide bonds. The summed E-state index contributed by atoms with van der Waals surface area (Å²) in [5.41, 5.74) is 2.90. The second-order valence-electron chi connectivity index (χ2n) is 5.56. The number of benzene rings is 1. The molecule has 0 unspecified atom stereocenters. The molecule has 1 aromatic heterocycles. The Bertz CT molecular complexity index is 726. The maximum absolute atomic E-state index is 11.7. The van der Waals surface area contributed by atoms with E-state index in [1.807, 2.05) is 31.2 Å². The third-order valence-electron chi connectivity index (χ3n) is 3.69. The van der Waals surface area contributed by atoms with Crippen molar-refractivity contribution in [3.05, 3.63) is 51.5 Å². The first-order valence-electron chi connectivity index (χ1n) is 8.29. The Morgan fingerprint density at radius 2 is 2.00 bits per heavy atom. The molecule has 0 aliphatic carbocycles. The zero-order chi connectivity index (χ0) is 18.1. The van der Waals surface area contributed by atoms with E-state index >= 15 is 0 Å². The fourth-order valence-electron chi connectivity index (χ4n) is 2.39. The number of aromatic nitrogens is 1. The number of nitrogens with one attached hydrogen (secondary N) is 3. The Hall–Kier alpha value is -2.41. The highest BCUT2D eigenvalue weighted by Gasteiger charge is 2.04. The minimum absolute atomic E-state index is 0.0652. The first-order chi connectivity index (χ1) is 12.1. The molecule has 1 aromatic carbocycles. The zero-order valence-corrected chi connectivity index (χ0v) is 15.7. The van der Waals surface area contributed by atoms with Crippen LogP contribution in [-0.2, 0) is 12.8 Å². The number of carbonyl (C=O) groups excluding carboxylic acids is 1. The van der Waals surface area contributed by atoms with E-state index < -0.39 is 0 Å². The highest BCUT2D eigenvalue weighted by Crippen LogP contribution is 2.08. The second kappa shape index (κ2) is 9.78. The van der Waals surface area contributed by atoms with Crippen LogP contribution in [-0.4, -0.2) is 44.0 Å². The van der Waals surface area contributed by atoms with Crippen molar-refractivity contribution in [3.63, 3.8) is 0 Å². The number of aliphatic imine (C=N–C) groups is 1. The largest absolute Gasteiger partial charge is 0.356 e. The summed E-state index contributed by atoms with van der Waals surface area (Å²) >= 11 is 1.67. The lowest BCUT2D eigenvalue weighted by Crippen LogP contribution is -2.39. The highest BCUT2D eigenvalue weighted by atomic mass is 32.1. The van der Waals surface area contributed by atoms with Crippen molar-refractivity contribution in [1.82, 2.24) is 20.9 Å². The number of nitrogens with zero attached hydrogens (tertiary/aromatic N) is 2. The van der Waals surface area contributed by atoms with E-state index in [0.29, 0.717) is 5.56 Å². The summed E-state index contributed by atoms with van der Waals surface area (Å²) in [6.07, 6.45) is 1.69. The van der Waals surface area contributed by atoms with Gasteiger partial charge in [-0.2, -0.15) is 0 Å². The monoisotopic (exact) mass is 359 g/mol. The molecular formula is C18H25N5OS. The van der Waals surface area contributed by atoms with Gasteiger partial charge in [-0.15, -0.1) is 11.3 Å². The molecule has 0 saturated carbocycles. The van der Waals surface area contributed by atoms with Crippen molar-refractivity contribution in [2.45, 2.75) is 19.8 Å². The molecule has 7 heteroatoms. The van der Waals surface area contributed by atoms with E-state index in [2.05, 4.69) is 31.3 Å². The molecule has 0 fully saturated rings. The van der Waals surface area contributed by atoms with Crippen LogP contribution in [0.3, 0.4) is 0 Å². The van der Waals surface area contributed by atoms with Gasteiger partial charge in [0.15, 0.2) is 5.96 Å². The van der Waals surface area contributed by atoms with Crippen LogP contribution < -0.4 is 16.0 Å². The number of hydrogen-bond donors (Lipinski definition) is 3. The van der Waals surface area contributed by atoms with Crippen molar-refractivity contribution >= 4 is 23.2 Å². The van der Waals surface area contributed by atoms with Gasteiger partial charge < -0.3 is 16.0 Å². The van der Waals surface area contributed by atoms with E-state index in [9.17, 15) is 4.79 Å². The van der Waals surface area contributed by atoms with Gasteiger partial charge in [0.1, 0.15) is 0 Å². The molecule has 0 aliphatic heterocycles. The zero-order valence-electron chi connectivity index (χ0n) is 14.9. The molecule has 2 aromatic rings. The van der Waals surface area contributed by atoms with Crippen LogP contribution in [0.25, 0.3) is 0 Å². The van der Waals surface area contributed by atoms with Gasteiger partial charge >= 0.3 is 0 Å². The summed E-state index contributed by atoms with van der Waals surface area (Å²) in [4.78, 5) is 20.3. The van der Waals surface area contributed by atoms with Crippen LogP contribution in [0.1, 0.15) is 26.6 Å². The summed E-state index contributed by atoms with van der Waals surface area (Å²) in [5, 5.41) is 12.4. The maximum Gasteiger partial charge on any atom is 0.251 e. The van der Waals surface area contributed by atoms with Crippen molar-refractivity contribution < 1.29 is 4.79 Å². The first kappa shape index (κ1) is 18.9. The third kappa shape index (κ3) is 6.19. The molecular weight excluding hydrogens is 334 g/mol. The molecule has 134 valence electrons. The molecule has 0 atom stereocenters. The number of amides is 1. The number of carbonyl (C=O) groups is 1. The average Bonchev–Trinajstić information content (AvgIpc) is 3.05. The second-order valence-corrected chi connectivity index (χ2v) is 6.63. The number of aryl methyl sites for hydroxylation is 1. The molecule has 0 aliphatic rings. The van der Waals surface area contributed by atoms with Crippen molar-refractivity contribution in [1.29, 1.82) is 0 Å². The van der Waals surface area contributed by atoms with Gasteiger partial charge in [-0.25, -0.2) is 4.98 Å². The minimum atomic E-state index is -0.0652. The standard InChI is InChI=1S/C18H25N5OS/c1-13-23-16(12-25-13)8-10-22-18(20-3)21-9-7-14-5-4-6-15(11-14)17(24)19-2/h4-6,11-12H,7-10H2,1-3H3,(H,19,24)(H2,20,21,22). The quantitative estimate of drug-likeness (QED) is 0.520. The maximum atomic E-state index is 11.7. The predicted octanol–water partition coefficient (Wildman–Crippen LogP) is 1.76. The lowest BCUT2D eigenvalue weighted by molar-refractivity contribution is 0.0963. The fraction of sp³-hybridized carbons (Fsp3) is 0.389. The summed E-state index contributed by atoms with van der Waals surface area (Å²) < 4.78 is 0. The van der Waals surface area contributed by atoms with Gasteiger partial charge in [0.2, 0.25) is 0 Å². The predicted molar refractivity (Wildman–Crippen MR) is 103 cm³/mol. The van der Waals surface area contributed by atoms with Crippen LogP contribution >= 0.6 is 11.3 Å². The first-order valence-corrected chi connectivity index (χ1v) is 9.17. The Morgan fingerprint density at radius 1 is 1.24 bits per heavy atom. The van der Waals surface area contributed by atoms with Gasteiger partial charge in [-0.05, 0) is 31.0 Å². The average molecular weight is 359 g/mol.